The van der Waals surface area contributed by atoms with E-state index >= 15 is 0 Å². The molecule has 3 rings (SSSR count). The van der Waals surface area contributed by atoms with E-state index in [-0.39, 0.29) is 23.0 Å². The van der Waals surface area contributed by atoms with E-state index in [2.05, 4.69) is 5.32 Å². The van der Waals surface area contributed by atoms with E-state index in [1.165, 1.54) is 36.2 Å². The first-order chi connectivity index (χ1) is 18.1. The quantitative estimate of drug-likeness (QED) is 0.377. The van der Waals surface area contributed by atoms with Gasteiger partial charge in [0.2, 0.25) is 11.8 Å². The number of sulfonamides is 1. The zero-order valence-corrected chi connectivity index (χ0v) is 23.4. The predicted octanol–water partition coefficient (Wildman–Crippen LogP) is 4.41. The van der Waals surface area contributed by atoms with Gasteiger partial charge in [0.05, 0.1) is 17.2 Å². The molecule has 2 amide bonds. The molecule has 1 N–H and O–H groups in total. The number of carbonyl (C=O) groups is 2. The Labute approximate surface area is 229 Å². The summed E-state index contributed by atoms with van der Waals surface area (Å²) in [7, 11) is -2.73. The predicted molar refractivity (Wildman–Crippen MR) is 149 cm³/mol. The summed E-state index contributed by atoms with van der Waals surface area (Å²) >= 11 is 5.99. The first-order valence-electron chi connectivity index (χ1n) is 12.1. The van der Waals surface area contributed by atoms with Gasteiger partial charge < -0.3 is 15.0 Å². The van der Waals surface area contributed by atoms with Gasteiger partial charge >= 0.3 is 0 Å². The van der Waals surface area contributed by atoms with E-state index in [1.807, 2.05) is 31.2 Å². The monoisotopic (exact) mass is 557 g/mol. The van der Waals surface area contributed by atoms with Crippen molar-refractivity contribution in [3.05, 3.63) is 88.9 Å². The van der Waals surface area contributed by atoms with Crippen LogP contribution in [0, 0.1) is 6.92 Å². The van der Waals surface area contributed by atoms with E-state index in [9.17, 15) is 18.0 Å². The van der Waals surface area contributed by atoms with Gasteiger partial charge in [-0.2, -0.15) is 0 Å². The van der Waals surface area contributed by atoms with Crippen molar-refractivity contribution in [3.63, 3.8) is 0 Å². The highest BCUT2D eigenvalue weighted by Crippen LogP contribution is 2.33. The average Bonchev–Trinajstić information content (AvgIpc) is 2.91. The van der Waals surface area contributed by atoms with Crippen LogP contribution in [0.1, 0.15) is 25.0 Å². The van der Waals surface area contributed by atoms with Crippen LogP contribution in [0.15, 0.2) is 77.7 Å². The summed E-state index contributed by atoms with van der Waals surface area (Å²) in [6.45, 7) is 5.21. The Hall–Kier alpha value is -3.56. The van der Waals surface area contributed by atoms with Gasteiger partial charge in [-0.3, -0.25) is 13.9 Å². The Balaban J connectivity index is 2.08. The van der Waals surface area contributed by atoms with Gasteiger partial charge in [0, 0.05) is 18.6 Å². The zero-order valence-electron chi connectivity index (χ0n) is 21.8. The highest BCUT2D eigenvalue weighted by atomic mass is 35.5. The van der Waals surface area contributed by atoms with Crippen molar-refractivity contribution in [2.24, 2.45) is 0 Å². The molecule has 1 atom stereocenters. The molecule has 0 aliphatic carbocycles. The fraction of sp³-hybridized carbons (Fsp3) is 0.286. The van der Waals surface area contributed by atoms with Gasteiger partial charge in [-0.1, -0.05) is 53.6 Å². The molecule has 0 aliphatic rings. The standard InChI is InChI=1S/C28H32ClN3O5S/c1-5-37-26-9-7-6-8-25(26)32(38(35,36)24-16-14-23(29)15-17-24)19-27(33)31(21(3)28(34)30-4)18-22-12-10-20(2)11-13-22/h6-17,21H,5,18-19H2,1-4H3,(H,30,34)/t21-/m1/s1. The summed E-state index contributed by atoms with van der Waals surface area (Å²) < 4.78 is 34.5. The topological polar surface area (TPSA) is 96.0 Å². The normalized spacial score (nSPS) is 11.9. The van der Waals surface area contributed by atoms with Gasteiger partial charge in [0.25, 0.3) is 10.0 Å². The number of hydrogen-bond donors (Lipinski definition) is 1. The van der Waals surface area contributed by atoms with Crippen LogP contribution in [0.25, 0.3) is 0 Å². The van der Waals surface area contributed by atoms with Crippen LogP contribution in [-0.4, -0.2) is 51.4 Å². The molecule has 0 fully saturated rings. The lowest BCUT2D eigenvalue weighted by atomic mass is 10.1. The number of hydrogen-bond acceptors (Lipinski definition) is 5. The van der Waals surface area contributed by atoms with Crippen molar-refractivity contribution >= 4 is 39.1 Å². The van der Waals surface area contributed by atoms with Crippen LogP contribution < -0.4 is 14.4 Å². The maximum Gasteiger partial charge on any atom is 0.264 e. The second-order valence-corrected chi connectivity index (χ2v) is 11.0. The Morgan fingerprint density at radius 1 is 1.00 bits per heavy atom. The number of aryl methyl sites for hydroxylation is 1. The van der Waals surface area contributed by atoms with E-state index in [0.29, 0.717) is 17.4 Å². The SMILES string of the molecule is CCOc1ccccc1N(CC(=O)N(Cc1ccc(C)cc1)[C@H](C)C(=O)NC)S(=O)(=O)c1ccc(Cl)cc1. The Kier molecular flexibility index (Phi) is 9.77. The number of likely N-dealkylation sites (N-methyl/N-ethyl adjacent to an activating group) is 1. The Morgan fingerprint density at radius 3 is 2.24 bits per heavy atom. The van der Waals surface area contributed by atoms with Crippen molar-refractivity contribution in [3.8, 4) is 5.75 Å². The summed E-state index contributed by atoms with van der Waals surface area (Å²) in [5.74, 6) is -0.609. The molecule has 0 radical (unpaired) electrons. The van der Waals surface area contributed by atoms with E-state index < -0.39 is 28.5 Å². The van der Waals surface area contributed by atoms with Gasteiger partial charge in [0.15, 0.2) is 0 Å². The van der Waals surface area contributed by atoms with Gasteiger partial charge in [-0.25, -0.2) is 8.42 Å². The minimum absolute atomic E-state index is 0.0366. The molecule has 0 saturated carbocycles. The number of ether oxygens (including phenoxy) is 1. The summed E-state index contributed by atoms with van der Waals surface area (Å²) in [6.07, 6.45) is 0. The van der Waals surface area contributed by atoms with Gasteiger partial charge in [0.1, 0.15) is 18.3 Å². The summed E-state index contributed by atoms with van der Waals surface area (Å²) in [6, 6.07) is 19.1. The Bertz CT molecular complexity index is 1360. The van der Waals surface area contributed by atoms with Gasteiger partial charge in [-0.05, 0) is 62.7 Å². The summed E-state index contributed by atoms with van der Waals surface area (Å²) in [4.78, 5) is 27.8. The van der Waals surface area contributed by atoms with E-state index in [0.717, 1.165) is 15.4 Å². The number of rotatable bonds is 11. The molecule has 0 bridgehead atoms. The molecule has 3 aromatic carbocycles. The zero-order chi connectivity index (χ0) is 27.9. The first-order valence-corrected chi connectivity index (χ1v) is 14.0. The molecule has 8 nitrogen and oxygen atoms in total. The van der Waals surface area contributed by atoms with Crippen LogP contribution in [0.5, 0.6) is 5.75 Å². The van der Waals surface area contributed by atoms with Crippen LogP contribution in [0.3, 0.4) is 0 Å². The van der Waals surface area contributed by atoms with Crippen LogP contribution in [-0.2, 0) is 26.2 Å². The molecular formula is C28H32ClN3O5S. The number of benzene rings is 3. The smallest absolute Gasteiger partial charge is 0.264 e. The minimum atomic E-state index is -4.22. The lowest BCUT2D eigenvalue weighted by Gasteiger charge is -2.32. The number of carbonyl (C=O) groups excluding carboxylic acids is 2. The fourth-order valence-electron chi connectivity index (χ4n) is 3.87. The third-order valence-electron chi connectivity index (χ3n) is 6.00. The average molecular weight is 558 g/mol. The maximum absolute atomic E-state index is 13.9. The highest BCUT2D eigenvalue weighted by Gasteiger charge is 2.33. The van der Waals surface area contributed by atoms with E-state index in [1.54, 1.807) is 38.1 Å². The van der Waals surface area contributed by atoms with Crippen LogP contribution >= 0.6 is 11.6 Å². The lowest BCUT2D eigenvalue weighted by molar-refractivity contribution is -0.139. The third-order valence-corrected chi connectivity index (χ3v) is 8.03. The Morgan fingerprint density at radius 2 is 1.63 bits per heavy atom. The molecule has 3 aromatic rings. The van der Waals surface area contributed by atoms with Gasteiger partial charge in [-0.15, -0.1) is 0 Å². The van der Waals surface area contributed by atoms with Crippen molar-refractivity contribution in [1.29, 1.82) is 0 Å². The fourth-order valence-corrected chi connectivity index (χ4v) is 5.42. The molecule has 0 aromatic heterocycles. The number of para-hydroxylation sites is 2. The molecular weight excluding hydrogens is 526 g/mol. The maximum atomic E-state index is 13.9. The summed E-state index contributed by atoms with van der Waals surface area (Å²) in [5.41, 5.74) is 2.07. The number of nitrogens with one attached hydrogen (secondary N) is 1. The molecule has 202 valence electrons. The number of nitrogens with zero attached hydrogens (tertiary/aromatic N) is 2. The second kappa shape index (κ2) is 12.8. The van der Waals surface area contributed by atoms with Crippen LogP contribution in [0.2, 0.25) is 5.02 Å². The number of amides is 2. The molecule has 0 heterocycles. The lowest BCUT2D eigenvalue weighted by Crippen LogP contribution is -2.50. The van der Waals surface area contributed by atoms with Crippen molar-refractivity contribution in [2.75, 3.05) is 24.5 Å². The van der Waals surface area contributed by atoms with E-state index in [4.69, 9.17) is 16.3 Å². The van der Waals surface area contributed by atoms with Crippen molar-refractivity contribution < 1.29 is 22.7 Å². The molecule has 0 spiro atoms. The summed E-state index contributed by atoms with van der Waals surface area (Å²) in [5, 5.41) is 2.95. The number of halogens is 1. The molecule has 0 aliphatic heterocycles. The number of anilines is 1. The van der Waals surface area contributed by atoms with Crippen LogP contribution in [0.4, 0.5) is 5.69 Å². The second-order valence-electron chi connectivity index (χ2n) is 8.66. The third kappa shape index (κ3) is 6.85. The highest BCUT2D eigenvalue weighted by molar-refractivity contribution is 7.92. The molecule has 10 heteroatoms. The molecule has 38 heavy (non-hydrogen) atoms. The van der Waals surface area contributed by atoms with Crippen molar-refractivity contribution in [1.82, 2.24) is 10.2 Å². The minimum Gasteiger partial charge on any atom is -0.492 e. The van der Waals surface area contributed by atoms with Crippen molar-refractivity contribution in [2.45, 2.75) is 38.3 Å². The molecule has 0 unspecified atom stereocenters. The largest absolute Gasteiger partial charge is 0.492 e. The first kappa shape index (κ1) is 29.0. The molecule has 0 saturated heterocycles.